The number of nitrogens with two attached hydrogens (primary N) is 1. The van der Waals surface area contributed by atoms with Crippen LogP contribution in [0.5, 0.6) is 0 Å². The normalized spacial score (nSPS) is 10.9. The van der Waals surface area contributed by atoms with Crippen molar-refractivity contribution in [2.75, 3.05) is 42.8 Å². The van der Waals surface area contributed by atoms with Crippen LogP contribution in [0.15, 0.2) is 39.9 Å². The second-order valence-electron chi connectivity index (χ2n) is 6.76. The number of rotatable bonds is 9. The first kappa shape index (κ1) is 21.2. The van der Waals surface area contributed by atoms with Gasteiger partial charge in [0.1, 0.15) is 5.82 Å². The van der Waals surface area contributed by atoms with Crippen molar-refractivity contribution in [1.82, 2.24) is 9.55 Å². The van der Waals surface area contributed by atoms with E-state index in [1.165, 1.54) is 16.6 Å². The number of para-hydroxylation sites is 1. The minimum atomic E-state index is -0.702. The molecule has 1 aromatic carbocycles. The summed E-state index contributed by atoms with van der Waals surface area (Å²) in [6.07, 6.45) is 0. The number of nitrogens with one attached hydrogen (secondary N) is 2. The first-order valence-electron chi connectivity index (χ1n) is 9.06. The molecule has 2 rings (SSSR count). The topological polar surface area (TPSA) is 122 Å². The minimum absolute atomic E-state index is 0.0355. The summed E-state index contributed by atoms with van der Waals surface area (Å²) in [4.78, 5) is 41.0. The van der Waals surface area contributed by atoms with Gasteiger partial charge in [-0.25, -0.2) is 4.79 Å². The van der Waals surface area contributed by atoms with Gasteiger partial charge in [-0.05, 0) is 18.1 Å². The maximum atomic E-state index is 12.9. The summed E-state index contributed by atoms with van der Waals surface area (Å²) in [5.74, 6) is -0.277. The Morgan fingerprint density at radius 2 is 1.96 bits per heavy atom. The molecule has 0 saturated heterocycles. The highest BCUT2D eigenvalue weighted by Crippen LogP contribution is 2.18. The fraction of sp³-hybridized carbons (Fsp3) is 0.421. The minimum Gasteiger partial charge on any atom is -0.383 e. The fourth-order valence-corrected chi connectivity index (χ4v) is 2.76. The van der Waals surface area contributed by atoms with Gasteiger partial charge in [-0.1, -0.05) is 32.0 Å². The Kier molecular flexibility index (Phi) is 7.39. The number of anilines is 3. The van der Waals surface area contributed by atoms with Gasteiger partial charge in [0.2, 0.25) is 5.91 Å². The third-order valence-electron chi connectivity index (χ3n) is 4.07. The molecular weight excluding hydrogens is 362 g/mol. The molecule has 2 aromatic rings. The molecule has 28 heavy (non-hydrogen) atoms. The number of carbonyl (C=O) groups is 1. The van der Waals surface area contributed by atoms with Crippen molar-refractivity contribution in [2.45, 2.75) is 20.4 Å². The van der Waals surface area contributed by atoms with Gasteiger partial charge in [0.15, 0.2) is 5.69 Å². The Hall–Kier alpha value is -3.07. The van der Waals surface area contributed by atoms with Gasteiger partial charge in [0.05, 0.1) is 13.2 Å². The van der Waals surface area contributed by atoms with Crippen LogP contribution < -0.4 is 27.2 Å². The van der Waals surface area contributed by atoms with Gasteiger partial charge in [-0.2, -0.15) is 0 Å². The fourth-order valence-electron chi connectivity index (χ4n) is 2.76. The number of carbonyl (C=O) groups excluding carboxylic acids is 1. The molecular formula is C19H27N5O4. The molecule has 0 fully saturated rings. The summed E-state index contributed by atoms with van der Waals surface area (Å²) < 4.78 is 6.35. The van der Waals surface area contributed by atoms with Crippen molar-refractivity contribution >= 4 is 23.1 Å². The molecule has 0 aliphatic carbocycles. The van der Waals surface area contributed by atoms with E-state index in [0.717, 1.165) is 5.69 Å². The van der Waals surface area contributed by atoms with E-state index in [1.807, 2.05) is 44.2 Å². The number of aromatic amines is 1. The molecule has 0 aliphatic rings. The molecule has 1 amide bonds. The number of aromatic nitrogens is 2. The van der Waals surface area contributed by atoms with Crippen LogP contribution in [0.1, 0.15) is 13.8 Å². The first-order chi connectivity index (χ1) is 13.3. The smallest absolute Gasteiger partial charge is 0.330 e. The Morgan fingerprint density at radius 3 is 2.57 bits per heavy atom. The quantitative estimate of drug-likeness (QED) is 0.585. The summed E-state index contributed by atoms with van der Waals surface area (Å²) in [6.45, 7) is 4.46. The van der Waals surface area contributed by atoms with Crippen LogP contribution in [-0.2, 0) is 16.1 Å². The molecule has 0 atom stereocenters. The summed E-state index contributed by atoms with van der Waals surface area (Å²) in [6, 6.07) is 9.23. The predicted octanol–water partition coefficient (Wildman–Crippen LogP) is 0.866. The largest absolute Gasteiger partial charge is 0.383 e. The number of ether oxygens (including phenoxy) is 1. The predicted molar refractivity (Wildman–Crippen MR) is 110 cm³/mol. The van der Waals surface area contributed by atoms with E-state index in [4.69, 9.17) is 10.5 Å². The van der Waals surface area contributed by atoms with Crippen LogP contribution in [0.2, 0.25) is 0 Å². The van der Waals surface area contributed by atoms with E-state index in [9.17, 15) is 14.4 Å². The molecule has 0 unspecified atom stereocenters. The number of methoxy groups -OCH3 is 1. The highest BCUT2D eigenvalue weighted by molar-refractivity contribution is 5.98. The number of hydrogen-bond donors (Lipinski definition) is 3. The molecule has 152 valence electrons. The Morgan fingerprint density at radius 1 is 1.29 bits per heavy atom. The zero-order valence-electron chi connectivity index (χ0n) is 16.4. The van der Waals surface area contributed by atoms with Gasteiger partial charge < -0.3 is 20.7 Å². The number of nitrogen functional groups attached to an aromatic ring is 1. The maximum Gasteiger partial charge on any atom is 0.330 e. The standard InChI is InChI=1S/C19H27N5O4/c1-13(2)12-24-17(20)16(18(26)22-19(24)27)23(9-10-28-3)15(25)11-21-14-7-5-4-6-8-14/h4-8,13,21H,9-12,20H2,1-3H3,(H,22,26,27). The van der Waals surface area contributed by atoms with Gasteiger partial charge in [-0.3, -0.25) is 19.1 Å². The van der Waals surface area contributed by atoms with E-state index >= 15 is 0 Å². The summed E-state index contributed by atoms with van der Waals surface area (Å²) in [5, 5.41) is 3.01. The number of hydrogen-bond acceptors (Lipinski definition) is 6. The number of amides is 1. The number of benzene rings is 1. The molecule has 4 N–H and O–H groups in total. The second-order valence-corrected chi connectivity index (χ2v) is 6.76. The van der Waals surface area contributed by atoms with Gasteiger partial charge in [0, 0.05) is 25.9 Å². The zero-order chi connectivity index (χ0) is 20.7. The van der Waals surface area contributed by atoms with Crippen LogP contribution in [0.4, 0.5) is 17.2 Å². The highest BCUT2D eigenvalue weighted by Gasteiger charge is 2.24. The third-order valence-corrected chi connectivity index (χ3v) is 4.07. The molecule has 9 heteroatoms. The molecule has 9 nitrogen and oxygen atoms in total. The van der Waals surface area contributed by atoms with Crippen LogP contribution in [-0.4, -0.2) is 42.3 Å². The van der Waals surface area contributed by atoms with Crippen molar-refractivity contribution in [2.24, 2.45) is 5.92 Å². The lowest BCUT2D eigenvalue weighted by Gasteiger charge is -2.25. The molecule has 0 bridgehead atoms. The monoisotopic (exact) mass is 389 g/mol. The highest BCUT2D eigenvalue weighted by atomic mass is 16.5. The Balaban J connectivity index is 2.37. The van der Waals surface area contributed by atoms with Crippen LogP contribution in [0.25, 0.3) is 0 Å². The third kappa shape index (κ3) is 5.23. The van der Waals surface area contributed by atoms with Crippen molar-refractivity contribution in [1.29, 1.82) is 0 Å². The maximum absolute atomic E-state index is 12.9. The van der Waals surface area contributed by atoms with Gasteiger partial charge in [-0.15, -0.1) is 0 Å². The van der Waals surface area contributed by atoms with Crippen LogP contribution >= 0.6 is 0 Å². The molecule has 0 saturated carbocycles. The molecule has 0 aliphatic heterocycles. The number of nitrogens with zero attached hydrogens (tertiary/aromatic N) is 2. The molecule has 1 aromatic heterocycles. The molecule has 0 spiro atoms. The van der Waals surface area contributed by atoms with Crippen LogP contribution in [0, 0.1) is 5.92 Å². The van der Waals surface area contributed by atoms with E-state index < -0.39 is 11.2 Å². The van der Waals surface area contributed by atoms with E-state index in [2.05, 4.69) is 10.3 Å². The molecule has 1 heterocycles. The van der Waals surface area contributed by atoms with Crippen LogP contribution in [0.3, 0.4) is 0 Å². The average molecular weight is 389 g/mol. The SMILES string of the molecule is COCCN(C(=O)CNc1ccccc1)c1c(N)n(CC(C)C)c(=O)[nH]c1=O. The zero-order valence-corrected chi connectivity index (χ0v) is 16.4. The average Bonchev–Trinajstić information content (AvgIpc) is 2.66. The molecule has 0 radical (unpaired) electrons. The van der Waals surface area contributed by atoms with Gasteiger partial charge in [0.25, 0.3) is 5.56 Å². The Bertz CT molecular complexity index is 905. The van der Waals surface area contributed by atoms with Crippen molar-refractivity contribution in [3.63, 3.8) is 0 Å². The van der Waals surface area contributed by atoms with Crippen molar-refractivity contribution < 1.29 is 9.53 Å². The van der Waals surface area contributed by atoms with Crippen molar-refractivity contribution in [3.8, 4) is 0 Å². The number of H-pyrrole nitrogens is 1. The van der Waals surface area contributed by atoms with Gasteiger partial charge >= 0.3 is 5.69 Å². The van der Waals surface area contributed by atoms with E-state index in [1.54, 1.807) is 0 Å². The van der Waals surface area contributed by atoms with Crippen molar-refractivity contribution in [3.05, 3.63) is 51.2 Å². The lowest BCUT2D eigenvalue weighted by atomic mass is 10.2. The summed E-state index contributed by atoms with van der Waals surface area (Å²) >= 11 is 0. The van der Waals surface area contributed by atoms with E-state index in [0.29, 0.717) is 6.54 Å². The van der Waals surface area contributed by atoms with E-state index in [-0.39, 0.29) is 43.0 Å². The Labute approximate surface area is 163 Å². The lowest BCUT2D eigenvalue weighted by Crippen LogP contribution is -2.44. The first-order valence-corrected chi connectivity index (χ1v) is 9.06. The second kappa shape index (κ2) is 9.75. The summed E-state index contributed by atoms with van der Waals surface area (Å²) in [7, 11) is 1.50. The summed E-state index contributed by atoms with van der Waals surface area (Å²) in [5.41, 5.74) is 5.57. The lowest BCUT2D eigenvalue weighted by molar-refractivity contribution is -0.117.